The molecule has 0 spiro atoms. The van der Waals surface area contributed by atoms with Crippen LogP contribution in [0.4, 0.5) is 0 Å². The zero-order valence-corrected chi connectivity index (χ0v) is 11.2. The third-order valence-electron chi connectivity index (χ3n) is 4.18. The third-order valence-corrected chi connectivity index (χ3v) is 4.18. The maximum absolute atomic E-state index is 9.99. The maximum atomic E-state index is 9.99. The third kappa shape index (κ3) is 4.58. The molecule has 1 aliphatic carbocycles. The van der Waals surface area contributed by atoms with Gasteiger partial charge in [-0.25, -0.2) is 0 Å². The molecule has 1 saturated carbocycles. The van der Waals surface area contributed by atoms with E-state index in [0.29, 0.717) is 25.2 Å². The number of hydrogen-bond donors (Lipinski definition) is 2. The number of nitrogens with one attached hydrogen (secondary N) is 2. The minimum absolute atomic E-state index is 0.537. The van der Waals surface area contributed by atoms with Crippen LogP contribution in [0.25, 0.3) is 0 Å². The molecule has 2 atom stereocenters. The fourth-order valence-corrected chi connectivity index (χ4v) is 3.22. The first-order valence-electron chi connectivity index (χ1n) is 7.43. The summed E-state index contributed by atoms with van der Waals surface area (Å²) < 4.78 is 4.69. The summed E-state index contributed by atoms with van der Waals surface area (Å²) >= 11 is 0. The van der Waals surface area contributed by atoms with E-state index in [2.05, 4.69) is 10.6 Å². The van der Waals surface area contributed by atoms with Crippen LogP contribution in [0.5, 0.6) is 0 Å². The first kappa shape index (κ1) is 13.8. The van der Waals surface area contributed by atoms with Crippen LogP contribution in [-0.4, -0.2) is 37.7 Å². The molecule has 0 aromatic heterocycles. The standard InChI is InChI=1S/C14H26N2O2/c17-11-18-8-4-3-7-13-9-14(10-15-13)16-12-5-1-2-6-12/h11-16H,1-10H2/t13?,14-/m1/s1. The number of unbranched alkanes of at least 4 members (excludes halogenated alkanes) is 1. The highest BCUT2D eigenvalue weighted by atomic mass is 16.5. The fraction of sp³-hybridized carbons (Fsp3) is 0.929. The molecule has 1 saturated heterocycles. The van der Waals surface area contributed by atoms with Crippen molar-refractivity contribution in [1.82, 2.24) is 10.6 Å². The second-order valence-electron chi connectivity index (χ2n) is 5.65. The van der Waals surface area contributed by atoms with E-state index in [1.54, 1.807) is 0 Å². The Balaban J connectivity index is 1.52. The van der Waals surface area contributed by atoms with E-state index in [1.807, 2.05) is 0 Å². The van der Waals surface area contributed by atoms with E-state index >= 15 is 0 Å². The van der Waals surface area contributed by atoms with E-state index in [0.717, 1.165) is 25.4 Å². The zero-order chi connectivity index (χ0) is 12.6. The number of rotatable bonds is 8. The normalized spacial score (nSPS) is 28.7. The molecule has 104 valence electrons. The largest absolute Gasteiger partial charge is 0.468 e. The molecule has 18 heavy (non-hydrogen) atoms. The molecule has 0 bridgehead atoms. The molecule has 2 N–H and O–H groups in total. The van der Waals surface area contributed by atoms with Crippen LogP contribution >= 0.6 is 0 Å². The van der Waals surface area contributed by atoms with Gasteiger partial charge in [-0.05, 0) is 38.5 Å². The smallest absolute Gasteiger partial charge is 0.293 e. The van der Waals surface area contributed by atoms with E-state index < -0.39 is 0 Å². The van der Waals surface area contributed by atoms with Gasteiger partial charge in [0.2, 0.25) is 0 Å². The van der Waals surface area contributed by atoms with Gasteiger partial charge in [0.05, 0.1) is 6.61 Å². The number of ether oxygens (including phenoxy) is 1. The lowest BCUT2D eigenvalue weighted by Gasteiger charge is -2.17. The molecule has 2 aliphatic rings. The van der Waals surface area contributed by atoms with Crippen molar-refractivity contribution in [3.05, 3.63) is 0 Å². The maximum Gasteiger partial charge on any atom is 0.293 e. The number of carbonyl (C=O) groups excluding carboxylic acids is 1. The molecule has 1 aliphatic heterocycles. The quantitative estimate of drug-likeness (QED) is 0.510. The van der Waals surface area contributed by atoms with Gasteiger partial charge in [-0.2, -0.15) is 0 Å². The SMILES string of the molecule is O=COCCCCC1C[C@@H](NC2CCCC2)CN1. The van der Waals surface area contributed by atoms with Gasteiger partial charge in [-0.15, -0.1) is 0 Å². The molecule has 2 fully saturated rings. The molecule has 0 aromatic carbocycles. The number of hydrogen-bond acceptors (Lipinski definition) is 4. The molecule has 0 aromatic rings. The number of carbonyl (C=O) groups is 1. The first-order chi connectivity index (χ1) is 8.88. The highest BCUT2D eigenvalue weighted by molar-refractivity contribution is 5.36. The molecule has 1 unspecified atom stereocenters. The Hall–Kier alpha value is -0.610. The van der Waals surface area contributed by atoms with Crippen LogP contribution in [0, 0.1) is 0 Å². The predicted molar refractivity (Wildman–Crippen MR) is 71.5 cm³/mol. The summed E-state index contributed by atoms with van der Waals surface area (Å²) in [6, 6.07) is 2.10. The predicted octanol–water partition coefficient (Wildman–Crippen LogP) is 1.59. The van der Waals surface area contributed by atoms with Crippen LogP contribution < -0.4 is 10.6 Å². The van der Waals surface area contributed by atoms with Gasteiger partial charge in [0.15, 0.2) is 0 Å². The van der Waals surface area contributed by atoms with Gasteiger partial charge < -0.3 is 15.4 Å². The average molecular weight is 254 g/mol. The van der Waals surface area contributed by atoms with Gasteiger partial charge in [0.25, 0.3) is 6.47 Å². The van der Waals surface area contributed by atoms with E-state index in [1.165, 1.54) is 38.5 Å². The molecule has 4 heteroatoms. The molecule has 2 rings (SSSR count). The van der Waals surface area contributed by atoms with Crippen molar-refractivity contribution in [2.24, 2.45) is 0 Å². The molecule has 4 nitrogen and oxygen atoms in total. The first-order valence-corrected chi connectivity index (χ1v) is 7.43. The van der Waals surface area contributed by atoms with Crippen LogP contribution in [0.3, 0.4) is 0 Å². The lowest BCUT2D eigenvalue weighted by molar-refractivity contribution is -0.128. The topological polar surface area (TPSA) is 50.4 Å². The summed E-state index contributed by atoms with van der Waals surface area (Å²) in [7, 11) is 0. The monoisotopic (exact) mass is 254 g/mol. The van der Waals surface area contributed by atoms with Crippen molar-refractivity contribution in [3.8, 4) is 0 Å². The van der Waals surface area contributed by atoms with Crippen molar-refractivity contribution < 1.29 is 9.53 Å². The van der Waals surface area contributed by atoms with Gasteiger partial charge in [0.1, 0.15) is 0 Å². The average Bonchev–Trinajstić information content (AvgIpc) is 3.02. The summed E-state index contributed by atoms with van der Waals surface area (Å²) in [6.07, 6.45) is 10.1. The summed E-state index contributed by atoms with van der Waals surface area (Å²) in [4.78, 5) is 9.99. The Morgan fingerprint density at radius 3 is 2.83 bits per heavy atom. The minimum atomic E-state index is 0.537. The Morgan fingerprint density at radius 2 is 2.06 bits per heavy atom. The highest BCUT2D eigenvalue weighted by Gasteiger charge is 2.26. The van der Waals surface area contributed by atoms with Crippen molar-refractivity contribution >= 4 is 6.47 Å². The van der Waals surface area contributed by atoms with E-state index in [4.69, 9.17) is 4.74 Å². The molecule has 1 heterocycles. The molecule has 0 amide bonds. The Kier molecular flexibility index (Phi) is 5.94. The Morgan fingerprint density at radius 1 is 1.22 bits per heavy atom. The molecular weight excluding hydrogens is 228 g/mol. The Labute approximate surface area is 110 Å². The molecule has 0 radical (unpaired) electrons. The van der Waals surface area contributed by atoms with Gasteiger partial charge in [0, 0.05) is 24.7 Å². The van der Waals surface area contributed by atoms with Crippen LogP contribution in [-0.2, 0) is 9.53 Å². The summed E-state index contributed by atoms with van der Waals surface area (Å²) in [5.74, 6) is 0. The summed E-state index contributed by atoms with van der Waals surface area (Å²) in [5, 5.41) is 7.38. The summed E-state index contributed by atoms with van der Waals surface area (Å²) in [5.41, 5.74) is 0. The van der Waals surface area contributed by atoms with Crippen molar-refractivity contribution in [2.75, 3.05) is 13.2 Å². The van der Waals surface area contributed by atoms with Gasteiger partial charge in [-0.3, -0.25) is 4.79 Å². The Bertz CT molecular complexity index is 242. The van der Waals surface area contributed by atoms with E-state index in [-0.39, 0.29) is 0 Å². The van der Waals surface area contributed by atoms with Crippen LogP contribution in [0.15, 0.2) is 0 Å². The minimum Gasteiger partial charge on any atom is -0.468 e. The second-order valence-corrected chi connectivity index (χ2v) is 5.65. The van der Waals surface area contributed by atoms with Crippen LogP contribution in [0.1, 0.15) is 51.4 Å². The van der Waals surface area contributed by atoms with E-state index in [9.17, 15) is 4.79 Å². The fourth-order valence-electron chi connectivity index (χ4n) is 3.22. The zero-order valence-electron chi connectivity index (χ0n) is 11.2. The van der Waals surface area contributed by atoms with Crippen LogP contribution in [0.2, 0.25) is 0 Å². The van der Waals surface area contributed by atoms with Gasteiger partial charge >= 0.3 is 0 Å². The van der Waals surface area contributed by atoms with Gasteiger partial charge in [-0.1, -0.05) is 12.8 Å². The second kappa shape index (κ2) is 7.74. The van der Waals surface area contributed by atoms with Crippen molar-refractivity contribution in [3.63, 3.8) is 0 Å². The van der Waals surface area contributed by atoms with Crippen molar-refractivity contribution in [1.29, 1.82) is 0 Å². The lowest BCUT2D eigenvalue weighted by Crippen LogP contribution is -2.37. The van der Waals surface area contributed by atoms with Crippen molar-refractivity contribution in [2.45, 2.75) is 69.5 Å². The summed E-state index contributed by atoms with van der Waals surface area (Å²) in [6.45, 7) is 2.22. The molecular formula is C14H26N2O2. The lowest BCUT2D eigenvalue weighted by atomic mass is 10.1. The highest BCUT2D eigenvalue weighted by Crippen LogP contribution is 2.20.